The molecule has 176 valence electrons. The molecule has 3 nitrogen and oxygen atoms in total. The monoisotopic (exact) mass is 446 g/mol. The van der Waals surface area contributed by atoms with E-state index in [0.717, 1.165) is 28.6 Å². The summed E-state index contributed by atoms with van der Waals surface area (Å²) in [4.78, 5) is 22.7. The van der Waals surface area contributed by atoms with Crippen LogP contribution in [0.15, 0.2) is 106 Å². The lowest BCUT2D eigenvalue weighted by Gasteiger charge is -2.34. The largest absolute Gasteiger partial charge is 0.385 e. The molecule has 0 fully saturated rings. The van der Waals surface area contributed by atoms with E-state index in [1.165, 1.54) is 0 Å². The molecule has 0 radical (unpaired) electrons. The third-order valence-corrected chi connectivity index (χ3v) is 5.47. The second kappa shape index (κ2) is 13.5. The van der Waals surface area contributed by atoms with Crippen LogP contribution in [-0.2, 0) is 9.59 Å². The zero-order chi connectivity index (χ0) is 25.0. The molecule has 1 atom stereocenters. The van der Waals surface area contributed by atoms with E-state index in [-0.39, 0.29) is 11.2 Å². The Balaban J connectivity index is 2.75. The van der Waals surface area contributed by atoms with E-state index in [0.29, 0.717) is 17.6 Å². The molecule has 0 amide bonds. The standard InChI is InChI=1S/C30H38O3/c1-22(12-8-9-13-23(2)15-11-17-25(4)21-31)14-10-16-24(3)18-19-27-26(5)29(33)28(32)20-30(27,6)7/h8-19,21,28,32H,20H2,1-7H3. The highest BCUT2D eigenvalue weighted by Crippen LogP contribution is 2.39. The van der Waals surface area contributed by atoms with Crippen LogP contribution in [0.3, 0.4) is 0 Å². The first-order valence-electron chi connectivity index (χ1n) is 11.3. The van der Waals surface area contributed by atoms with Crippen molar-refractivity contribution in [3.05, 3.63) is 106 Å². The lowest BCUT2D eigenvalue weighted by atomic mass is 9.71. The molecule has 0 aliphatic heterocycles. The summed E-state index contributed by atoms with van der Waals surface area (Å²) in [6.07, 6.45) is 24.1. The van der Waals surface area contributed by atoms with Gasteiger partial charge >= 0.3 is 0 Å². The van der Waals surface area contributed by atoms with Crippen LogP contribution in [0.5, 0.6) is 0 Å². The van der Waals surface area contributed by atoms with Gasteiger partial charge in [-0.25, -0.2) is 0 Å². The Morgan fingerprint density at radius 1 is 0.818 bits per heavy atom. The predicted octanol–water partition coefficient (Wildman–Crippen LogP) is 6.87. The van der Waals surface area contributed by atoms with E-state index in [2.05, 4.69) is 13.8 Å². The highest BCUT2D eigenvalue weighted by Gasteiger charge is 2.36. The van der Waals surface area contributed by atoms with E-state index >= 15 is 0 Å². The van der Waals surface area contributed by atoms with Gasteiger partial charge in [0.15, 0.2) is 5.78 Å². The number of Topliss-reactive ketones (excluding diaryl/α,β-unsaturated/α-hetero) is 1. The molecule has 0 saturated heterocycles. The fourth-order valence-corrected chi connectivity index (χ4v) is 3.47. The maximum absolute atomic E-state index is 12.1. The number of aliphatic hydroxyl groups excluding tert-OH is 1. The molecule has 0 bridgehead atoms. The minimum Gasteiger partial charge on any atom is -0.385 e. The molecule has 0 aromatic heterocycles. The summed E-state index contributed by atoms with van der Waals surface area (Å²) in [6, 6.07) is 0. The highest BCUT2D eigenvalue weighted by molar-refractivity contribution is 6.00. The van der Waals surface area contributed by atoms with E-state index in [1.54, 1.807) is 19.9 Å². The third kappa shape index (κ3) is 9.97. The molecule has 0 aromatic carbocycles. The normalized spacial score (nSPS) is 21.5. The van der Waals surface area contributed by atoms with Gasteiger partial charge in [0.1, 0.15) is 12.4 Å². The quantitative estimate of drug-likeness (QED) is 0.239. The number of hydrogen-bond donors (Lipinski definition) is 1. The predicted molar refractivity (Wildman–Crippen MR) is 140 cm³/mol. The van der Waals surface area contributed by atoms with Crippen molar-refractivity contribution in [1.29, 1.82) is 0 Å². The number of ketones is 1. The van der Waals surface area contributed by atoms with Crippen molar-refractivity contribution in [3.8, 4) is 0 Å². The van der Waals surface area contributed by atoms with Crippen LogP contribution in [0.25, 0.3) is 0 Å². The number of carbonyl (C=O) groups is 2. The molecule has 1 aliphatic carbocycles. The number of hydrogen-bond acceptors (Lipinski definition) is 3. The van der Waals surface area contributed by atoms with Gasteiger partial charge in [0.05, 0.1) is 0 Å². The summed E-state index contributed by atoms with van der Waals surface area (Å²) in [7, 11) is 0. The highest BCUT2D eigenvalue weighted by atomic mass is 16.3. The summed E-state index contributed by atoms with van der Waals surface area (Å²) in [5, 5.41) is 9.96. The Kier molecular flexibility index (Phi) is 11.4. The maximum Gasteiger partial charge on any atom is 0.187 e. The van der Waals surface area contributed by atoms with Gasteiger partial charge in [0.25, 0.3) is 0 Å². The second-order valence-electron chi connectivity index (χ2n) is 9.20. The molecule has 0 spiro atoms. The lowest BCUT2D eigenvalue weighted by Crippen LogP contribution is -2.35. The second-order valence-corrected chi connectivity index (χ2v) is 9.20. The summed E-state index contributed by atoms with van der Waals surface area (Å²) < 4.78 is 0. The van der Waals surface area contributed by atoms with Crippen molar-refractivity contribution in [3.63, 3.8) is 0 Å². The van der Waals surface area contributed by atoms with Gasteiger partial charge in [0, 0.05) is 0 Å². The minimum absolute atomic E-state index is 0.171. The number of aldehydes is 1. The van der Waals surface area contributed by atoms with Crippen molar-refractivity contribution in [2.75, 3.05) is 0 Å². The van der Waals surface area contributed by atoms with Crippen molar-refractivity contribution in [2.45, 2.75) is 61.0 Å². The van der Waals surface area contributed by atoms with Crippen LogP contribution in [0.4, 0.5) is 0 Å². The maximum atomic E-state index is 12.1. The van der Waals surface area contributed by atoms with E-state index in [1.807, 2.05) is 87.6 Å². The molecule has 1 aliphatic rings. The molecule has 33 heavy (non-hydrogen) atoms. The summed E-state index contributed by atoms with van der Waals surface area (Å²) >= 11 is 0. The van der Waals surface area contributed by atoms with Crippen LogP contribution in [0.1, 0.15) is 54.9 Å². The first kappa shape index (κ1) is 28.0. The third-order valence-electron chi connectivity index (χ3n) is 5.47. The number of carbonyl (C=O) groups excluding carboxylic acids is 2. The fourth-order valence-electron chi connectivity index (χ4n) is 3.47. The molecular weight excluding hydrogens is 408 g/mol. The average molecular weight is 447 g/mol. The number of allylic oxidation sites excluding steroid dienone is 17. The molecular formula is C30H38O3. The van der Waals surface area contributed by atoms with Crippen molar-refractivity contribution >= 4 is 12.1 Å². The summed E-state index contributed by atoms with van der Waals surface area (Å²) in [5.74, 6) is -0.171. The molecule has 1 unspecified atom stereocenters. The Labute approximate surface area is 199 Å². The van der Waals surface area contributed by atoms with Gasteiger partial charge in [0.2, 0.25) is 0 Å². The molecule has 0 saturated carbocycles. The first-order valence-corrected chi connectivity index (χ1v) is 11.3. The Bertz CT molecular complexity index is 999. The van der Waals surface area contributed by atoms with E-state index in [4.69, 9.17) is 0 Å². The SMILES string of the molecule is CC(C=O)=CC=CC(C)=CC=CC=C(C)C=CC=C(C)C=CC1=C(C)C(=O)C(O)CC1(C)C. The number of aliphatic hydroxyl groups is 1. The van der Waals surface area contributed by atoms with Gasteiger partial charge < -0.3 is 5.11 Å². The van der Waals surface area contributed by atoms with Crippen LogP contribution >= 0.6 is 0 Å². The average Bonchev–Trinajstić information content (AvgIpc) is 2.74. The molecule has 0 aromatic rings. The van der Waals surface area contributed by atoms with Gasteiger partial charge in [-0.15, -0.1) is 0 Å². The molecule has 0 heterocycles. The minimum atomic E-state index is -0.897. The van der Waals surface area contributed by atoms with Gasteiger partial charge in [-0.2, -0.15) is 0 Å². The zero-order valence-corrected chi connectivity index (χ0v) is 21.1. The summed E-state index contributed by atoms with van der Waals surface area (Å²) in [6.45, 7) is 13.8. The topological polar surface area (TPSA) is 54.4 Å². The first-order chi connectivity index (χ1) is 15.5. The van der Waals surface area contributed by atoms with Crippen molar-refractivity contribution in [2.24, 2.45) is 5.41 Å². The Hall–Kier alpha value is -3.04. The van der Waals surface area contributed by atoms with E-state index < -0.39 is 6.10 Å². The van der Waals surface area contributed by atoms with Gasteiger partial charge in [-0.3, -0.25) is 9.59 Å². The van der Waals surface area contributed by atoms with Gasteiger partial charge in [-0.05, 0) is 63.2 Å². The van der Waals surface area contributed by atoms with Crippen LogP contribution in [0, 0.1) is 5.41 Å². The van der Waals surface area contributed by atoms with Crippen molar-refractivity contribution in [1.82, 2.24) is 0 Å². The zero-order valence-electron chi connectivity index (χ0n) is 21.1. The van der Waals surface area contributed by atoms with Crippen LogP contribution in [0.2, 0.25) is 0 Å². The Morgan fingerprint density at radius 3 is 1.79 bits per heavy atom. The number of rotatable bonds is 9. The fraction of sp³-hybridized carbons (Fsp3) is 0.333. The van der Waals surface area contributed by atoms with Gasteiger partial charge in [-0.1, -0.05) is 103 Å². The Morgan fingerprint density at radius 2 is 1.27 bits per heavy atom. The van der Waals surface area contributed by atoms with Crippen molar-refractivity contribution < 1.29 is 14.7 Å². The molecule has 1 N–H and O–H groups in total. The van der Waals surface area contributed by atoms with Crippen LogP contribution < -0.4 is 0 Å². The van der Waals surface area contributed by atoms with Crippen LogP contribution in [-0.4, -0.2) is 23.3 Å². The molecule has 1 rings (SSSR count). The summed E-state index contributed by atoms with van der Waals surface area (Å²) in [5.41, 5.74) is 5.39. The van der Waals surface area contributed by atoms with E-state index in [9.17, 15) is 14.7 Å². The molecule has 3 heteroatoms. The lowest BCUT2D eigenvalue weighted by molar-refractivity contribution is -0.125. The smallest absolute Gasteiger partial charge is 0.187 e.